The number of hydrogen-bond donors (Lipinski definition) is 2. The van der Waals surface area contributed by atoms with Crippen molar-refractivity contribution in [2.45, 2.75) is 44.6 Å². The summed E-state index contributed by atoms with van der Waals surface area (Å²) in [6.07, 6.45) is 4.76. The average molecular weight is 296 g/mol. The van der Waals surface area contributed by atoms with E-state index < -0.39 is 5.60 Å². The molecule has 0 aromatic heterocycles. The zero-order valence-corrected chi connectivity index (χ0v) is 12.6. The van der Waals surface area contributed by atoms with Crippen LogP contribution in [0.2, 0.25) is 5.02 Å². The van der Waals surface area contributed by atoms with E-state index in [4.69, 9.17) is 11.6 Å². The van der Waals surface area contributed by atoms with E-state index in [-0.39, 0.29) is 5.91 Å². The number of rotatable bonds is 4. The van der Waals surface area contributed by atoms with Gasteiger partial charge in [0.15, 0.2) is 0 Å². The topological polar surface area (TPSA) is 49.3 Å². The van der Waals surface area contributed by atoms with Crippen molar-refractivity contribution in [2.24, 2.45) is 5.92 Å². The fourth-order valence-corrected chi connectivity index (χ4v) is 3.01. The first-order valence-corrected chi connectivity index (χ1v) is 7.67. The predicted octanol–water partition coefficient (Wildman–Crippen LogP) is 3.40. The maximum absolute atomic E-state index is 12.1. The molecule has 20 heavy (non-hydrogen) atoms. The Morgan fingerprint density at radius 3 is 2.65 bits per heavy atom. The van der Waals surface area contributed by atoms with Crippen LogP contribution < -0.4 is 5.32 Å². The van der Waals surface area contributed by atoms with Gasteiger partial charge in [-0.3, -0.25) is 4.79 Å². The highest BCUT2D eigenvalue weighted by Gasteiger charge is 2.33. The molecule has 1 aliphatic rings. The molecule has 0 heterocycles. The van der Waals surface area contributed by atoms with E-state index in [9.17, 15) is 9.90 Å². The monoisotopic (exact) mass is 295 g/mol. The molecule has 0 atom stereocenters. The number of benzene rings is 1. The molecule has 0 unspecified atom stereocenters. The molecule has 1 fully saturated rings. The minimum absolute atomic E-state index is 0.221. The van der Waals surface area contributed by atoms with Crippen molar-refractivity contribution in [3.63, 3.8) is 0 Å². The molecule has 1 aromatic rings. The van der Waals surface area contributed by atoms with Gasteiger partial charge < -0.3 is 10.4 Å². The molecule has 110 valence electrons. The van der Waals surface area contributed by atoms with Crippen LogP contribution in [-0.4, -0.2) is 23.2 Å². The molecular weight excluding hydrogens is 274 g/mol. The van der Waals surface area contributed by atoms with Gasteiger partial charge in [-0.15, -0.1) is 0 Å². The zero-order chi connectivity index (χ0) is 14.6. The van der Waals surface area contributed by atoms with Crippen molar-refractivity contribution in [1.82, 2.24) is 5.32 Å². The smallest absolute Gasteiger partial charge is 0.252 e. The van der Waals surface area contributed by atoms with Crippen LogP contribution in [0.3, 0.4) is 0 Å². The first kappa shape index (κ1) is 15.3. The molecule has 4 heteroatoms. The Morgan fingerprint density at radius 2 is 2.05 bits per heavy atom. The summed E-state index contributed by atoms with van der Waals surface area (Å²) < 4.78 is 0. The number of halogens is 1. The van der Waals surface area contributed by atoms with Gasteiger partial charge >= 0.3 is 0 Å². The lowest BCUT2D eigenvalue weighted by atomic mass is 9.78. The van der Waals surface area contributed by atoms with Crippen molar-refractivity contribution in [3.8, 4) is 0 Å². The number of hydrogen-bond acceptors (Lipinski definition) is 2. The molecule has 1 aromatic carbocycles. The summed E-state index contributed by atoms with van der Waals surface area (Å²) in [5.74, 6) is 0.496. The van der Waals surface area contributed by atoms with Crippen molar-refractivity contribution in [3.05, 3.63) is 34.9 Å². The first-order valence-electron chi connectivity index (χ1n) is 7.29. The Labute approximate surface area is 125 Å². The summed E-state index contributed by atoms with van der Waals surface area (Å²) in [6, 6.07) is 6.95. The normalized spacial score (nSPS) is 26.2. The Bertz CT molecular complexity index is 467. The highest BCUT2D eigenvalue weighted by molar-refractivity contribution is 6.33. The van der Waals surface area contributed by atoms with Gasteiger partial charge in [0.1, 0.15) is 0 Å². The zero-order valence-electron chi connectivity index (χ0n) is 11.9. The number of aliphatic hydroxyl groups is 1. The van der Waals surface area contributed by atoms with E-state index in [2.05, 4.69) is 12.2 Å². The minimum atomic E-state index is -0.761. The van der Waals surface area contributed by atoms with Gasteiger partial charge in [-0.2, -0.15) is 0 Å². The van der Waals surface area contributed by atoms with Crippen LogP contribution in [0.4, 0.5) is 0 Å². The molecule has 1 saturated carbocycles. The van der Waals surface area contributed by atoms with Crippen molar-refractivity contribution in [1.29, 1.82) is 0 Å². The van der Waals surface area contributed by atoms with E-state index in [0.717, 1.165) is 31.6 Å². The number of nitrogens with one attached hydrogen (secondary N) is 1. The fraction of sp³-hybridized carbons (Fsp3) is 0.562. The second kappa shape index (κ2) is 6.59. The maximum Gasteiger partial charge on any atom is 0.252 e. The highest BCUT2D eigenvalue weighted by Crippen LogP contribution is 2.33. The van der Waals surface area contributed by atoms with E-state index in [1.54, 1.807) is 24.3 Å². The molecule has 0 bridgehead atoms. The quantitative estimate of drug-likeness (QED) is 0.894. The van der Waals surface area contributed by atoms with Gasteiger partial charge in [0, 0.05) is 6.54 Å². The van der Waals surface area contributed by atoms with Crippen LogP contribution in [0.25, 0.3) is 0 Å². The second-order valence-electron chi connectivity index (χ2n) is 5.74. The molecule has 1 aliphatic carbocycles. The second-order valence-corrected chi connectivity index (χ2v) is 6.15. The van der Waals surface area contributed by atoms with Gasteiger partial charge in [0.05, 0.1) is 16.2 Å². The Balaban J connectivity index is 1.89. The molecule has 2 N–H and O–H groups in total. The van der Waals surface area contributed by atoms with Gasteiger partial charge in [0.2, 0.25) is 0 Å². The molecule has 0 saturated heterocycles. The lowest BCUT2D eigenvalue weighted by Crippen LogP contribution is -2.45. The summed E-state index contributed by atoms with van der Waals surface area (Å²) in [5, 5.41) is 13.7. The predicted molar refractivity (Wildman–Crippen MR) is 81.0 cm³/mol. The summed E-state index contributed by atoms with van der Waals surface area (Å²) in [4.78, 5) is 12.1. The van der Waals surface area contributed by atoms with E-state index in [1.807, 2.05) is 0 Å². The molecule has 3 nitrogen and oxygen atoms in total. The van der Waals surface area contributed by atoms with Crippen molar-refractivity contribution < 1.29 is 9.90 Å². The largest absolute Gasteiger partial charge is 0.388 e. The number of amides is 1. The Morgan fingerprint density at radius 1 is 1.40 bits per heavy atom. The minimum Gasteiger partial charge on any atom is -0.388 e. The van der Waals surface area contributed by atoms with Crippen LogP contribution in [0.15, 0.2) is 24.3 Å². The van der Waals surface area contributed by atoms with E-state index in [0.29, 0.717) is 17.1 Å². The van der Waals surface area contributed by atoms with Gasteiger partial charge in [-0.1, -0.05) is 37.1 Å². The number of carbonyl (C=O) groups is 1. The third-order valence-corrected chi connectivity index (χ3v) is 4.64. The molecule has 0 radical (unpaired) electrons. The Hall–Kier alpha value is -1.06. The molecule has 0 spiro atoms. The lowest BCUT2D eigenvalue weighted by Gasteiger charge is -2.35. The lowest BCUT2D eigenvalue weighted by molar-refractivity contribution is -0.00786. The van der Waals surface area contributed by atoms with Gasteiger partial charge in [-0.05, 0) is 43.7 Å². The van der Waals surface area contributed by atoms with E-state index >= 15 is 0 Å². The van der Waals surface area contributed by atoms with Crippen LogP contribution in [0.1, 0.15) is 49.4 Å². The summed E-state index contributed by atoms with van der Waals surface area (Å²) in [6.45, 7) is 2.49. The van der Waals surface area contributed by atoms with Gasteiger partial charge in [0.25, 0.3) is 5.91 Å². The molecule has 0 aliphatic heterocycles. The molecular formula is C16H22ClNO2. The van der Waals surface area contributed by atoms with Crippen LogP contribution in [0, 0.1) is 5.92 Å². The molecule has 1 amide bonds. The summed E-state index contributed by atoms with van der Waals surface area (Å²) >= 11 is 5.99. The first-order chi connectivity index (χ1) is 9.54. The van der Waals surface area contributed by atoms with Crippen molar-refractivity contribution >= 4 is 17.5 Å². The van der Waals surface area contributed by atoms with Crippen LogP contribution >= 0.6 is 11.6 Å². The maximum atomic E-state index is 12.1. The Kier molecular flexibility index (Phi) is 5.06. The van der Waals surface area contributed by atoms with E-state index in [1.165, 1.54) is 6.42 Å². The standard InChI is InChI=1S/C16H22ClNO2/c1-2-12-7-9-16(20,10-8-12)11-18-15(19)13-5-3-4-6-14(13)17/h3-6,12,20H,2,7-11H2,1H3,(H,18,19). The third-order valence-electron chi connectivity index (χ3n) is 4.31. The highest BCUT2D eigenvalue weighted by atomic mass is 35.5. The molecule has 2 rings (SSSR count). The fourth-order valence-electron chi connectivity index (χ4n) is 2.79. The average Bonchev–Trinajstić information content (AvgIpc) is 2.46. The third kappa shape index (κ3) is 3.74. The van der Waals surface area contributed by atoms with Crippen molar-refractivity contribution in [2.75, 3.05) is 6.54 Å². The SMILES string of the molecule is CCC1CCC(O)(CNC(=O)c2ccccc2Cl)CC1. The summed E-state index contributed by atoms with van der Waals surface area (Å²) in [5.41, 5.74) is -0.303. The summed E-state index contributed by atoms with van der Waals surface area (Å²) in [7, 11) is 0. The van der Waals surface area contributed by atoms with Gasteiger partial charge in [-0.25, -0.2) is 0 Å². The van der Waals surface area contributed by atoms with Crippen LogP contribution in [0.5, 0.6) is 0 Å². The van der Waals surface area contributed by atoms with Crippen LogP contribution in [-0.2, 0) is 0 Å². The number of carbonyl (C=O) groups excluding carboxylic acids is 1.